The number of benzene rings is 3. The molecule has 0 spiro atoms. The smallest absolute Gasteiger partial charge is 0.231 e. The molecule has 27 heavy (non-hydrogen) atoms. The van der Waals surface area contributed by atoms with Crippen LogP contribution in [0.4, 0.5) is 5.69 Å². The number of fused-ring (bicyclic) bond motifs is 2. The van der Waals surface area contributed by atoms with Crippen molar-refractivity contribution in [1.82, 2.24) is 4.90 Å². The lowest BCUT2D eigenvalue weighted by Gasteiger charge is -2.37. The van der Waals surface area contributed by atoms with E-state index in [2.05, 4.69) is 64.4 Å². The summed E-state index contributed by atoms with van der Waals surface area (Å²) in [5.41, 5.74) is 3.69. The third kappa shape index (κ3) is 3.13. The van der Waals surface area contributed by atoms with E-state index in [1.54, 1.807) is 0 Å². The zero-order valence-corrected chi connectivity index (χ0v) is 15.5. The van der Waals surface area contributed by atoms with E-state index in [-0.39, 0.29) is 5.91 Å². The Hall–Kier alpha value is -2.65. The topological polar surface area (TPSA) is 23.6 Å². The third-order valence-electron chi connectivity index (χ3n) is 6.00. The Morgan fingerprint density at radius 3 is 2.44 bits per heavy atom. The van der Waals surface area contributed by atoms with Gasteiger partial charge in [0.05, 0.1) is 6.42 Å². The average Bonchev–Trinajstić information content (AvgIpc) is 3.04. The fraction of sp³-hybridized carbons (Fsp3) is 0.292. The van der Waals surface area contributed by atoms with E-state index in [9.17, 15) is 4.79 Å². The van der Waals surface area contributed by atoms with E-state index in [1.807, 2.05) is 12.1 Å². The third-order valence-corrected chi connectivity index (χ3v) is 6.00. The number of hydrogen-bond donors (Lipinski definition) is 0. The quantitative estimate of drug-likeness (QED) is 0.695. The summed E-state index contributed by atoms with van der Waals surface area (Å²) >= 11 is 0. The average molecular weight is 356 g/mol. The van der Waals surface area contributed by atoms with Gasteiger partial charge in [-0.25, -0.2) is 0 Å². The van der Waals surface area contributed by atoms with Crippen LogP contribution in [-0.2, 0) is 17.8 Å². The van der Waals surface area contributed by atoms with Crippen molar-refractivity contribution < 1.29 is 4.79 Å². The highest BCUT2D eigenvalue weighted by molar-refractivity contribution is 6.01. The van der Waals surface area contributed by atoms with Crippen LogP contribution in [0, 0.1) is 0 Å². The molecule has 2 aliphatic heterocycles. The Labute approximate surface area is 160 Å². The summed E-state index contributed by atoms with van der Waals surface area (Å²) in [5, 5.41) is 2.61. The van der Waals surface area contributed by atoms with Gasteiger partial charge in [-0.05, 0) is 46.9 Å². The summed E-state index contributed by atoms with van der Waals surface area (Å²) in [5.74, 6) is 0.268. The van der Waals surface area contributed by atoms with Gasteiger partial charge < -0.3 is 4.90 Å². The Balaban J connectivity index is 1.26. The first kappa shape index (κ1) is 16.5. The van der Waals surface area contributed by atoms with Crippen LogP contribution in [0.1, 0.15) is 24.0 Å². The molecule has 0 aromatic heterocycles. The van der Waals surface area contributed by atoms with Gasteiger partial charge in [0.2, 0.25) is 5.91 Å². The number of rotatable bonds is 3. The minimum atomic E-state index is 0.268. The number of carbonyl (C=O) groups excluding carboxylic acids is 1. The number of piperidine rings is 1. The standard InChI is InChI=1S/C24H24N2O/c27-24-16-21-7-3-4-8-23(21)26(24)22-11-13-25(14-12-22)17-18-9-10-19-5-1-2-6-20(19)15-18/h1-10,15,22H,11-14,16-17H2. The second-order valence-corrected chi connectivity index (χ2v) is 7.76. The number of carbonyl (C=O) groups is 1. The van der Waals surface area contributed by atoms with Gasteiger partial charge in [0.25, 0.3) is 0 Å². The van der Waals surface area contributed by atoms with Gasteiger partial charge in [0.15, 0.2) is 0 Å². The Kier molecular flexibility index (Phi) is 4.17. The summed E-state index contributed by atoms with van der Waals surface area (Å²) in [6, 6.07) is 23.9. The highest BCUT2D eigenvalue weighted by atomic mass is 16.2. The Bertz CT molecular complexity index is 988. The number of para-hydroxylation sites is 1. The molecule has 3 aromatic carbocycles. The van der Waals surface area contributed by atoms with E-state index >= 15 is 0 Å². The van der Waals surface area contributed by atoms with E-state index in [1.165, 1.54) is 21.9 Å². The van der Waals surface area contributed by atoms with Gasteiger partial charge in [-0.15, -0.1) is 0 Å². The normalized spacial score (nSPS) is 18.2. The second-order valence-electron chi connectivity index (χ2n) is 7.76. The maximum absolute atomic E-state index is 12.5. The van der Waals surface area contributed by atoms with E-state index in [0.717, 1.165) is 38.2 Å². The second kappa shape index (κ2) is 6.82. The van der Waals surface area contributed by atoms with Crippen LogP contribution >= 0.6 is 0 Å². The monoisotopic (exact) mass is 356 g/mol. The van der Waals surface area contributed by atoms with Gasteiger partial charge in [-0.2, -0.15) is 0 Å². The molecule has 0 bridgehead atoms. The summed E-state index contributed by atoms with van der Waals surface area (Å²) in [6.07, 6.45) is 2.66. The van der Waals surface area contributed by atoms with Crippen molar-refractivity contribution in [2.24, 2.45) is 0 Å². The molecular formula is C24H24N2O. The van der Waals surface area contributed by atoms with Crippen molar-refractivity contribution in [3.8, 4) is 0 Å². The SMILES string of the molecule is O=C1Cc2ccccc2N1C1CCN(Cc2ccc3ccccc3c2)CC1. The molecule has 2 heterocycles. The van der Waals surface area contributed by atoms with Crippen molar-refractivity contribution >= 4 is 22.4 Å². The molecular weight excluding hydrogens is 332 g/mol. The van der Waals surface area contributed by atoms with Crippen LogP contribution < -0.4 is 4.90 Å². The van der Waals surface area contributed by atoms with Crippen LogP contribution in [0.2, 0.25) is 0 Å². The van der Waals surface area contributed by atoms with E-state index in [0.29, 0.717) is 12.5 Å². The molecule has 0 radical (unpaired) electrons. The molecule has 0 aliphatic carbocycles. The van der Waals surface area contributed by atoms with Crippen LogP contribution in [0.15, 0.2) is 66.7 Å². The van der Waals surface area contributed by atoms with Gasteiger partial charge in [-0.1, -0.05) is 54.6 Å². The Morgan fingerprint density at radius 1 is 0.852 bits per heavy atom. The van der Waals surface area contributed by atoms with Gasteiger partial charge in [0, 0.05) is 31.4 Å². The van der Waals surface area contributed by atoms with Crippen LogP contribution in [0.25, 0.3) is 10.8 Å². The largest absolute Gasteiger partial charge is 0.309 e. The van der Waals surface area contributed by atoms with Crippen LogP contribution in [-0.4, -0.2) is 29.9 Å². The maximum Gasteiger partial charge on any atom is 0.231 e. The van der Waals surface area contributed by atoms with Crippen molar-refractivity contribution in [3.05, 3.63) is 77.9 Å². The van der Waals surface area contributed by atoms with Gasteiger partial charge in [-0.3, -0.25) is 9.69 Å². The molecule has 2 aliphatic rings. The molecule has 3 aromatic rings. The summed E-state index contributed by atoms with van der Waals surface area (Å²) in [7, 11) is 0. The molecule has 3 heteroatoms. The van der Waals surface area contributed by atoms with Crippen molar-refractivity contribution in [3.63, 3.8) is 0 Å². The lowest BCUT2D eigenvalue weighted by atomic mass is 10.0. The maximum atomic E-state index is 12.5. The number of nitrogens with zero attached hydrogens (tertiary/aromatic N) is 2. The summed E-state index contributed by atoms with van der Waals surface area (Å²) in [4.78, 5) is 17.1. The molecule has 0 saturated carbocycles. The lowest BCUT2D eigenvalue weighted by molar-refractivity contribution is -0.118. The fourth-order valence-electron chi connectivity index (χ4n) is 4.61. The Morgan fingerprint density at radius 2 is 1.59 bits per heavy atom. The lowest BCUT2D eigenvalue weighted by Crippen LogP contribution is -2.46. The zero-order valence-electron chi connectivity index (χ0n) is 15.5. The fourth-order valence-corrected chi connectivity index (χ4v) is 4.61. The predicted octanol–water partition coefficient (Wildman–Crippen LogP) is 4.39. The van der Waals surface area contributed by atoms with Crippen LogP contribution in [0.3, 0.4) is 0 Å². The molecule has 3 nitrogen and oxygen atoms in total. The minimum Gasteiger partial charge on any atom is -0.309 e. The van der Waals surface area contributed by atoms with Crippen LogP contribution in [0.5, 0.6) is 0 Å². The number of hydrogen-bond acceptors (Lipinski definition) is 2. The van der Waals surface area contributed by atoms with E-state index < -0.39 is 0 Å². The molecule has 0 atom stereocenters. The van der Waals surface area contributed by atoms with Gasteiger partial charge >= 0.3 is 0 Å². The van der Waals surface area contributed by atoms with Crippen molar-refractivity contribution in [1.29, 1.82) is 0 Å². The number of likely N-dealkylation sites (tertiary alicyclic amines) is 1. The summed E-state index contributed by atoms with van der Waals surface area (Å²) in [6.45, 7) is 3.08. The highest BCUT2D eigenvalue weighted by Crippen LogP contribution is 2.33. The van der Waals surface area contributed by atoms with Crippen molar-refractivity contribution in [2.75, 3.05) is 18.0 Å². The minimum absolute atomic E-state index is 0.268. The predicted molar refractivity (Wildman–Crippen MR) is 110 cm³/mol. The zero-order chi connectivity index (χ0) is 18.2. The summed E-state index contributed by atoms with van der Waals surface area (Å²) < 4.78 is 0. The molecule has 1 saturated heterocycles. The first-order valence-corrected chi connectivity index (χ1v) is 9.88. The van der Waals surface area contributed by atoms with Gasteiger partial charge in [0.1, 0.15) is 0 Å². The van der Waals surface area contributed by atoms with Crippen molar-refractivity contribution in [2.45, 2.75) is 31.8 Å². The molecule has 1 fully saturated rings. The molecule has 0 unspecified atom stereocenters. The molecule has 136 valence electrons. The molecule has 1 amide bonds. The molecule has 0 N–H and O–H groups in total. The molecule has 5 rings (SSSR count). The highest BCUT2D eigenvalue weighted by Gasteiger charge is 2.34. The number of amides is 1. The number of anilines is 1. The van der Waals surface area contributed by atoms with E-state index in [4.69, 9.17) is 0 Å². The first-order valence-electron chi connectivity index (χ1n) is 9.88. The first-order chi connectivity index (χ1) is 13.3.